The van der Waals surface area contributed by atoms with Crippen molar-refractivity contribution < 1.29 is 19.4 Å². The molecule has 0 saturated carbocycles. The first-order valence-electron chi connectivity index (χ1n) is 5.95. The number of amides is 1. The van der Waals surface area contributed by atoms with Gasteiger partial charge >= 0.3 is 0 Å². The monoisotopic (exact) mass is 289 g/mol. The van der Waals surface area contributed by atoms with E-state index in [1.165, 1.54) is 0 Å². The summed E-state index contributed by atoms with van der Waals surface area (Å²) in [5.74, 6) is -1.67. The van der Waals surface area contributed by atoms with Crippen molar-refractivity contribution in [3.05, 3.63) is 28.5 Å². The third-order valence-corrected chi connectivity index (χ3v) is 2.92. The van der Waals surface area contributed by atoms with E-state index in [9.17, 15) is 19.4 Å². The Labute approximate surface area is 116 Å². The van der Waals surface area contributed by atoms with Crippen LogP contribution in [0.15, 0.2) is 12.1 Å². The van der Waals surface area contributed by atoms with Gasteiger partial charge < -0.3 is 15.5 Å². The number of phenolic OH excluding ortho intramolecular Hbond substituents is 1. The number of halogens is 2. The molecule has 1 amide bonds. The zero-order valence-corrected chi connectivity index (χ0v) is 11.5. The van der Waals surface area contributed by atoms with E-state index in [1.54, 1.807) is 6.92 Å². The van der Waals surface area contributed by atoms with Crippen LogP contribution >= 0.6 is 11.6 Å². The average Bonchev–Trinajstić information content (AvgIpc) is 2.29. The van der Waals surface area contributed by atoms with Crippen LogP contribution < -0.4 is 5.32 Å². The van der Waals surface area contributed by atoms with Gasteiger partial charge in [0.05, 0.1) is 16.7 Å². The van der Waals surface area contributed by atoms with Crippen LogP contribution in [-0.2, 0) is 0 Å². The molecule has 3 N–H and O–H groups in total. The minimum absolute atomic E-state index is 0.0649. The fourth-order valence-corrected chi connectivity index (χ4v) is 1.97. The zero-order chi connectivity index (χ0) is 14.6. The number of aliphatic hydroxyl groups excluding tert-OH is 1. The van der Waals surface area contributed by atoms with E-state index in [4.69, 9.17) is 11.6 Å². The molecule has 2 unspecified atom stereocenters. The molecule has 1 aromatic rings. The zero-order valence-electron chi connectivity index (χ0n) is 10.8. The van der Waals surface area contributed by atoms with Gasteiger partial charge in [-0.2, -0.15) is 0 Å². The third kappa shape index (κ3) is 4.69. The summed E-state index contributed by atoms with van der Waals surface area (Å²) in [6.45, 7) is 3.85. The Morgan fingerprint density at radius 1 is 1.47 bits per heavy atom. The molecule has 0 heterocycles. The fourth-order valence-electron chi connectivity index (χ4n) is 1.77. The van der Waals surface area contributed by atoms with Crippen LogP contribution in [0.1, 0.15) is 30.6 Å². The molecular weight excluding hydrogens is 273 g/mol. The highest BCUT2D eigenvalue weighted by molar-refractivity contribution is 6.32. The lowest BCUT2D eigenvalue weighted by Crippen LogP contribution is -2.29. The smallest absolute Gasteiger partial charge is 0.255 e. The van der Waals surface area contributed by atoms with Gasteiger partial charge in [0.25, 0.3) is 5.91 Å². The van der Waals surface area contributed by atoms with Crippen molar-refractivity contribution >= 4 is 17.5 Å². The van der Waals surface area contributed by atoms with Crippen LogP contribution in [0.5, 0.6) is 5.75 Å². The van der Waals surface area contributed by atoms with Crippen LogP contribution in [0.25, 0.3) is 0 Å². The van der Waals surface area contributed by atoms with Crippen LogP contribution in [0.2, 0.25) is 5.02 Å². The van der Waals surface area contributed by atoms with E-state index in [0.29, 0.717) is 13.0 Å². The van der Waals surface area contributed by atoms with E-state index in [-0.39, 0.29) is 16.5 Å². The minimum atomic E-state index is -0.690. The van der Waals surface area contributed by atoms with Crippen molar-refractivity contribution in [2.75, 3.05) is 6.54 Å². The normalized spacial score (nSPS) is 13.9. The van der Waals surface area contributed by atoms with Crippen molar-refractivity contribution in [3.8, 4) is 5.75 Å². The summed E-state index contributed by atoms with van der Waals surface area (Å²) in [4.78, 5) is 11.8. The molecule has 2 atom stereocenters. The Bertz CT molecular complexity index is 465. The standard InChI is InChI=1S/C13H17ClFNO3/c1-7(3-8(2)17)6-16-13(19)10-4-9(15)5-11(14)12(10)18/h4-5,7-8,17-18H,3,6H2,1-2H3,(H,16,19). The van der Waals surface area contributed by atoms with E-state index in [1.807, 2.05) is 6.92 Å². The molecule has 4 nitrogen and oxygen atoms in total. The Kier molecular flexibility index (Phi) is 5.57. The summed E-state index contributed by atoms with van der Waals surface area (Å²) in [6, 6.07) is 1.86. The summed E-state index contributed by atoms with van der Waals surface area (Å²) < 4.78 is 13.1. The Balaban J connectivity index is 2.69. The van der Waals surface area contributed by atoms with Gasteiger partial charge in [0.1, 0.15) is 11.6 Å². The second-order valence-corrected chi connectivity index (χ2v) is 5.09. The molecule has 106 valence electrons. The molecule has 1 aromatic carbocycles. The maximum atomic E-state index is 13.1. The van der Waals surface area contributed by atoms with Crippen molar-refractivity contribution in [3.63, 3.8) is 0 Å². The van der Waals surface area contributed by atoms with Crippen LogP contribution in [0, 0.1) is 11.7 Å². The largest absolute Gasteiger partial charge is 0.506 e. The van der Waals surface area contributed by atoms with Crippen molar-refractivity contribution in [1.82, 2.24) is 5.32 Å². The number of aliphatic hydroxyl groups is 1. The molecule has 6 heteroatoms. The molecule has 0 bridgehead atoms. The molecule has 0 fully saturated rings. The van der Waals surface area contributed by atoms with E-state index in [0.717, 1.165) is 12.1 Å². The molecule has 0 radical (unpaired) electrons. The molecule has 0 spiro atoms. The maximum Gasteiger partial charge on any atom is 0.255 e. The Hall–Kier alpha value is -1.33. The van der Waals surface area contributed by atoms with E-state index >= 15 is 0 Å². The molecule has 1 rings (SSSR count). The highest BCUT2D eigenvalue weighted by atomic mass is 35.5. The molecule has 19 heavy (non-hydrogen) atoms. The number of phenols is 1. The predicted molar refractivity (Wildman–Crippen MR) is 70.9 cm³/mol. The molecule has 0 aliphatic carbocycles. The number of hydrogen-bond donors (Lipinski definition) is 3. The van der Waals surface area contributed by atoms with Crippen LogP contribution in [-0.4, -0.2) is 28.8 Å². The lowest BCUT2D eigenvalue weighted by atomic mass is 10.0. The summed E-state index contributed by atoms with van der Waals surface area (Å²) in [5, 5.41) is 21.2. The molecule has 0 saturated heterocycles. The number of nitrogens with one attached hydrogen (secondary N) is 1. The van der Waals surface area contributed by atoms with Crippen LogP contribution in [0.4, 0.5) is 4.39 Å². The summed E-state index contributed by atoms with van der Waals surface area (Å²) in [5.41, 5.74) is -0.200. The molecule has 0 aliphatic heterocycles. The number of rotatable bonds is 5. The van der Waals surface area contributed by atoms with Gasteiger partial charge in [-0.1, -0.05) is 18.5 Å². The molecular formula is C13H17ClFNO3. The number of carbonyl (C=O) groups is 1. The number of aromatic hydroxyl groups is 1. The topological polar surface area (TPSA) is 69.6 Å². The molecule has 0 aromatic heterocycles. The number of hydrogen-bond acceptors (Lipinski definition) is 3. The van der Waals surface area contributed by atoms with Gasteiger partial charge in [0, 0.05) is 6.54 Å². The van der Waals surface area contributed by atoms with Gasteiger partial charge in [0.2, 0.25) is 0 Å². The average molecular weight is 290 g/mol. The summed E-state index contributed by atoms with van der Waals surface area (Å²) >= 11 is 5.59. The van der Waals surface area contributed by atoms with Gasteiger partial charge in [0.15, 0.2) is 0 Å². The summed E-state index contributed by atoms with van der Waals surface area (Å²) in [6.07, 6.45) is 0.0832. The maximum absolute atomic E-state index is 13.1. The highest BCUT2D eigenvalue weighted by Crippen LogP contribution is 2.28. The van der Waals surface area contributed by atoms with Gasteiger partial charge in [-0.3, -0.25) is 4.79 Å². The van der Waals surface area contributed by atoms with Crippen molar-refractivity contribution in [2.24, 2.45) is 5.92 Å². The lowest BCUT2D eigenvalue weighted by molar-refractivity contribution is 0.0936. The van der Waals surface area contributed by atoms with Gasteiger partial charge in [-0.15, -0.1) is 0 Å². The Morgan fingerprint density at radius 2 is 2.11 bits per heavy atom. The first-order valence-corrected chi connectivity index (χ1v) is 6.33. The predicted octanol–water partition coefficient (Wildman–Crippen LogP) is 2.32. The van der Waals surface area contributed by atoms with E-state index in [2.05, 4.69) is 5.32 Å². The Morgan fingerprint density at radius 3 is 2.68 bits per heavy atom. The summed E-state index contributed by atoms with van der Waals surface area (Å²) in [7, 11) is 0. The van der Waals surface area contributed by atoms with E-state index < -0.39 is 23.6 Å². The second kappa shape index (κ2) is 6.73. The van der Waals surface area contributed by atoms with Crippen molar-refractivity contribution in [1.29, 1.82) is 0 Å². The minimum Gasteiger partial charge on any atom is -0.506 e. The molecule has 0 aliphatic rings. The third-order valence-electron chi connectivity index (χ3n) is 2.63. The first kappa shape index (κ1) is 15.7. The van der Waals surface area contributed by atoms with Crippen LogP contribution in [0.3, 0.4) is 0 Å². The van der Waals surface area contributed by atoms with Gasteiger partial charge in [-0.25, -0.2) is 4.39 Å². The quantitative estimate of drug-likeness (QED) is 0.779. The SMILES string of the molecule is CC(O)CC(C)CNC(=O)c1cc(F)cc(Cl)c1O. The van der Waals surface area contributed by atoms with Gasteiger partial charge in [-0.05, 0) is 31.4 Å². The number of benzene rings is 1. The second-order valence-electron chi connectivity index (χ2n) is 4.68. The van der Waals surface area contributed by atoms with Crippen molar-refractivity contribution in [2.45, 2.75) is 26.4 Å². The first-order chi connectivity index (χ1) is 8.81. The highest BCUT2D eigenvalue weighted by Gasteiger charge is 2.16. The lowest BCUT2D eigenvalue weighted by Gasteiger charge is -2.14. The number of carbonyl (C=O) groups excluding carboxylic acids is 1. The fraction of sp³-hybridized carbons (Fsp3) is 0.462.